The van der Waals surface area contributed by atoms with Crippen molar-refractivity contribution in [1.29, 1.82) is 0 Å². The minimum absolute atomic E-state index is 0.0912. The molecule has 0 aromatic rings. The van der Waals surface area contributed by atoms with Crippen LogP contribution in [0.1, 0.15) is 74.1 Å². The zero-order valence-corrected chi connectivity index (χ0v) is 19.0. The van der Waals surface area contributed by atoms with Crippen molar-refractivity contribution in [2.24, 2.45) is 0 Å². The molecule has 0 rings (SSSR count). The van der Waals surface area contributed by atoms with Gasteiger partial charge in [0.2, 0.25) is 0 Å². The van der Waals surface area contributed by atoms with Crippen molar-refractivity contribution in [1.82, 2.24) is 0 Å². The molecule has 25 heavy (non-hydrogen) atoms. The summed E-state index contributed by atoms with van der Waals surface area (Å²) in [5.74, 6) is -0.450. The predicted molar refractivity (Wildman–Crippen MR) is 110 cm³/mol. The third-order valence-corrected chi connectivity index (χ3v) is 11.9. The first-order chi connectivity index (χ1) is 11.3. The summed E-state index contributed by atoms with van der Waals surface area (Å²) < 4.78 is 5.49. The van der Waals surface area contributed by atoms with Crippen molar-refractivity contribution >= 4 is 14.0 Å². The Hall–Kier alpha value is -0.873. The number of ether oxygens (including phenoxy) is 1. The highest BCUT2D eigenvalue weighted by Crippen LogP contribution is 2.45. The lowest BCUT2D eigenvalue weighted by atomic mass is 10.1. The molecule has 1 unspecified atom stereocenters. The van der Waals surface area contributed by atoms with Crippen LogP contribution < -0.4 is 0 Å². The topological polar surface area (TPSA) is 46.5 Å². The normalized spacial score (nSPS) is 15.5. The lowest BCUT2D eigenvalue weighted by Crippen LogP contribution is -2.64. The Morgan fingerprint density at radius 2 is 1.68 bits per heavy atom. The Balaban J connectivity index is 5.01. The first-order valence-electron chi connectivity index (χ1n) is 9.48. The second kappa shape index (κ2) is 9.72. The maximum absolute atomic E-state index is 12.8. The SMILES string of the molecule is CCCC(O)(C(=O)OCC=C(C)CCC=C(C)C)[Si](C)(C)C(C)(C)C. The Morgan fingerprint density at radius 1 is 1.12 bits per heavy atom. The van der Waals surface area contributed by atoms with Gasteiger partial charge < -0.3 is 9.84 Å². The molecule has 1 atom stereocenters. The van der Waals surface area contributed by atoms with E-state index in [9.17, 15) is 9.90 Å². The Bertz CT molecular complexity index is 494. The first kappa shape index (κ1) is 24.1. The van der Waals surface area contributed by atoms with Gasteiger partial charge in [0.25, 0.3) is 0 Å². The number of rotatable bonds is 9. The molecular formula is C21H40O3Si. The number of allylic oxidation sites excluding steroid dienone is 3. The summed E-state index contributed by atoms with van der Waals surface area (Å²) in [6, 6.07) is 0. The molecule has 0 amide bonds. The molecule has 0 spiro atoms. The molecule has 0 aliphatic rings. The van der Waals surface area contributed by atoms with Crippen molar-refractivity contribution < 1.29 is 14.6 Å². The van der Waals surface area contributed by atoms with E-state index in [1.165, 1.54) is 11.1 Å². The van der Waals surface area contributed by atoms with E-state index in [4.69, 9.17) is 4.74 Å². The fraction of sp³-hybridized carbons (Fsp3) is 0.762. The van der Waals surface area contributed by atoms with Crippen LogP contribution in [0.5, 0.6) is 0 Å². The van der Waals surface area contributed by atoms with Crippen molar-refractivity contribution in [3.05, 3.63) is 23.3 Å². The van der Waals surface area contributed by atoms with Gasteiger partial charge in [0.15, 0.2) is 0 Å². The maximum atomic E-state index is 12.8. The van der Waals surface area contributed by atoms with Crippen molar-refractivity contribution in [3.63, 3.8) is 0 Å². The van der Waals surface area contributed by atoms with Crippen LogP contribution in [0.25, 0.3) is 0 Å². The maximum Gasteiger partial charge on any atom is 0.334 e. The first-order valence-corrected chi connectivity index (χ1v) is 12.5. The van der Waals surface area contributed by atoms with Crippen LogP contribution >= 0.6 is 0 Å². The highest BCUT2D eigenvalue weighted by Gasteiger charge is 2.57. The summed E-state index contributed by atoms with van der Waals surface area (Å²) in [6.07, 6.45) is 7.35. The largest absolute Gasteiger partial charge is 0.460 e. The number of hydrogen-bond donors (Lipinski definition) is 1. The van der Waals surface area contributed by atoms with E-state index < -0.39 is 19.3 Å². The second-order valence-electron chi connectivity index (χ2n) is 8.95. The third-order valence-electron chi connectivity index (χ3n) is 5.60. The minimum Gasteiger partial charge on any atom is -0.460 e. The van der Waals surface area contributed by atoms with Gasteiger partial charge in [-0.25, -0.2) is 4.79 Å². The summed E-state index contributed by atoms with van der Waals surface area (Å²) in [6.45, 7) is 19.0. The summed E-state index contributed by atoms with van der Waals surface area (Å²) in [5.41, 5.74) is 2.52. The molecule has 0 saturated heterocycles. The summed E-state index contributed by atoms with van der Waals surface area (Å²) in [7, 11) is -2.30. The molecule has 0 aliphatic heterocycles. The van der Waals surface area contributed by atoms with Crippen LogP contribution in [0, 0.1) is 0 Å². The van der Waals surface area contributed by atoms with Gasteiger partial charge in [-0.2, -0.15) is 0 Å². The predicted octanol–water partition coefficient (Wildman–Crippen LogP) is 5.80. The molecular weight excluding hydrogens is 328 g/mol. The summed E-state index contributed by atoms with van der Waals surface area (Å²) in [4.78, 5) is 12.8. The number of carbonyl (C=O) groups excluding carboxylic acids is 1. The van der Waals surface area contributed by atoms with Crippen LogP contribution in [0.2, 0.25) is 18.1 Å². The third kappa shape index (κ3) is 6.74. The van der Waals surface area contributed by atoms with Crippen LogP contribution in [-0.4, -0.2) is 31.0 Å². The fourth-order valence-electron chi connectivity index (χ4n) is 2.72. The zero-order chi connectivity index (χ0) is 19.9. The quantitative estimate of drug-likeness (QED) is 0.318. The minimum atomic E-state index is -2.30. The molecule has 4 heteroatoms. The molecule has 0 fully saturated rings. The van der Waals surface area contributed by atoms with E-state index in [1.54, 1.807) is 0 Å². The lowest BCUT2D eigenvalue weighted by Gasteiger charge is -2.47. The van der Waals surface area contributed by atoms with E-state index >= 15 is 0 Å². The van der Waals surface area contributed by atoms with Gasteiger partial charge >= 0.3 is 5.97 Å². The molecule has 1 N–H and O–H groups in total. The van der Waals surface area contributed by atoms with Gasteiger partial charge in [-0.3, -0.25) is 0 Å². The van der Waals surface area contributed by atoms with Crippen LogP contribution in [0.15, 0.2) is 23.3 Å². The van der Waals surface area contributed by atoms with Crippen molar-refractivity contribution in [2.45, 2.75) is 97.5 Å². The monoisotopic (exact) mass is 368 g/mol. The van der Waals surface area contributed by atoms with Gasteiger partial charge in [-0.15, -0.1) is 0 Å². The number of esters is 1. The highest BCUT2D eigenvalue weighted by atomic mass is 28.3. The molecule has 146 valence electrons. The van der Waals surface area contributed by atoms with E-state index in [2.05, 4.69) is 60.7 Å². The zero-order valence-electron chi connectivity index (χ0n) is 18.0. The molecule has 0 bridgehead atoms. The Morgan fingerprint density at radius 3 is 2.12 bits per heavy atom. The standard InChI is InChI=1S/C21H40O3Si/c1-10-15-21(23,25(8,9)20(5,6)7)19(22)24-16-14-18(4)13-11-12-17(2)3/h12,14,23H,10-11,13,15-16H2,1-9H3. The van der Waals surface area contributed by atoms with Gasteiger partial charge in [-0.05, 0) is 51.1 Å². The molecule has 0 aliphatic carbocycles. The van der Waals surface area contributed by atoms with Crippen LogP contribution in [-0.2, 0) is 9.53 Å². The van der Waals surface area contributed by atoms with Gasteiger partial charge in [-0.1, -0.05) is 64.4 Å². The van der Waals surface area contributed by atoms with Crippen molar-refractivity contribution in [3.8, 4) is 0 Å². The lowest BCUT2D eigenvalue weighted by molar-refractivity contribution is -0.157. The molecule has 0 aromatic heterocycles. The van der Waals surface area contributed by atoms with Gasteiger partial charge in [0.1, 0.15) is 19.9 Å². The van der Waals surface area contributed by atoms with Gasteiger partial charge in [0, 0.05) is 0 Å². The Labute approximate surface area is 156 Å². The second-order valence-corrected chi connectivity index (χ2v) is 14.5. The molecule has 0 radical (unpaired) electrons. The number of aliphatic hydroxyl groups is 1. The van der Waals surface area contributed by atoms with Crippen molar-refractivity contribution in [2.75, 3.05) is 6.61 Å². The number of hydrogen-bond acceptors (Lipinski definition) is 3. The average Bonchev–Trinajstić information content (AvgIpc) is 2.45. The smallest absolute Gasteiger partial charge is 0.334 e. The molecule has 0 heterocycles. The van der Waals surface area contributed by atoms with E-state index in [-0.39, 0.29) is 11.6 Å². The number of carbonyl (C=O) groups is 1. The average molecular weight is 369 g/mol. The summed E-state index contributed by atoms with van der Waals surface area (Å²) >= 11 is 0. The van der Waals surface area contributed by atoms with Gasteiger partial charge in [0.05, 0.1) is 0 Å². The van der Waals surface area contributed by atoms with Crippen LogP contribution in [0.3, 0.4) is 0 Å². The highest BCUT2D eigenvalue weighted by molar-refractivity contribution is 6.85. The molecule has 3 nitrogen and oxygen atoms in total. The fourth-order valence-corrected chi connectivity index (χ4v) is 5.42. The van der Waals surface area contributed by atoms with E-state index in [0.29, 0.717) is 6.42 Å². The summed E-state index contributed by atoms with van der Waals surface area (Å²) in [5, 5.41) is 9.83. The molecule has 0 aromatic carbocycles. The van der Waals surface area contributed by atoms with E-state index in [1.807, 2.05) is 13.0 Å². The Kier molecular flexibility index (Phi) is 9.38. The van der Waals surface area contributed by atoms with E-state index in [0.717, 1.165) is 19.3 Å². The van der Waals surface area contributed by atoms with Crippen LogP contribution in [0.4, 0.5) is 0 Å². The molecule has 0 saturated carbocycles.